The van der Waals surface area contributed by atoms with E-state index in [-0.39, 0.29) is 5.91 Å². The number of likely N-dealkylation sites (tertiary alicyclic amines) is 1. The summed E-state index contributed by atoms with van der Waals surface area (Å²) in [5, 5.41) is 3.17. The first-order valence-electron chi connectivity index (χ1n) is 14.1. The number of fused-ring (bicyclic) bond motifs is 3. The third-order valence-electron chi connectivity index (χ3n) is 7.54. The van der Waals surface area contributed by atoms with E-state index in [1.54, 1.807) is 0 Å². The van der Waals surface area contributed by atoms with Crippen molar-refractivity contribution in [1.82, 2.24) is 20.1 Å². The minimum absolute atomic E-state index is 0.0207. The molecule has 0 aliphatic carbocycles. The number of hydrogen-bond acceptors (Lipinski definition) is 6. The minimum Gasteiger partial charge on any atom is -0.491 e. The predicted octanol–water partition coefficient (Wildman–Crippen LogP) is 4.16. The van der Waals surface area contributed by atoms with Crippen LogP contribution in [0, 0.1) is 5.92 Å². The van der Waals surface area contributed by atoms with E-state index in [1.165, 1.54) is 24.0 Å². The fourth-order valence-corrected chi connectivity index (χ4v) is 5.54. The molecule has 1 N–H and O–H groups in total. The number of hydrogen-bond donors (Lipinski definition) is 1. The Morgan fingerprint density at radius 3 is 2.82 bits per heavy atom. The molecule has 5 rings (SSSR count). The van der Waals surface area contributed by atoms with E-state index in [0.29, 0.717) is 44.3 Å². The van der Waals surface area contributed by atoms with Crippen molar-refractivity contribution in [3.63, 3.8) is 0 Å². The van der Waals surface area contributed by atoms with E-state index in [1.807, 2.05) is 36.5 Å². The van der Waals surface area contributed by atoms with Crippen LogP contribution in [-0.2, 0) is 24.2 Å². The standard InChI is InChI=1S/C32H40N4O3/c1-35-13-5-8-27(22-35)21-34-32(37)28-10-11-31-29(20-28)19-25-6-4-7-26(18-25)23-36(14-15-38-16-17-39-31)24-30-9-2-3-12-33-30/h2-4,6-7,9-12,18,20,27H,5,8,13-17,19,21-24H2,1H3,(H,34,37). The van der Waals surface area contributed by atoms with Gasteiger partial charge in [-0.1, -0.05) is 30.3 Å². The molecule has 1 amide bonds. The van der Waals surface area contributed by atoms with Gasteiger partial charge in [0.2, 0.25) is 0 Å². The van der Waals surface area contributed by atoms with Crippen molar-refractivity contribution < 1.29 is 14.3 Å². The van der Waals surface area contributed by atoms with Crippen LogP contribution in [0.4, 0.5) is 0 Å². The van der Waals surface area contributed by atoms with Gasteiger partial charge in [-0.05, 0) is 79.4 Å². The molecule has 1 fully saturated rings. The molecule has 0 radical (unpaired) electrons. The van der Waals surface area contributed by atoms with Gasteiger partial charge < -0.3 is 19.7 Å². The molecule has 1 unspecified atom stereocenters. The highest BCUT2D eigenvalue weighted by atomic mass is 16.5. The summed E-state index contributed by atoms with van der Waals surface area (Å²) in [5.74, 6) is 1.30. The molecular weight excluding hydrogens is 488 g/mol. The fourth-order valence-electron chi connectivity index (χ4n) is 5.54. The summed E-state index contributed by atoms with van der Waals surface area (Å²) in [6.07, 6.45) is 4.89. The number of benzene rings is 2. The van der Waals surface area contributed by atoms with Gasteiger partial charge in [-0.15, -0.1) is 0 Å². The third-order valence-corrected chi connectivity index (χ3v) is 7.54. The van der Waals surface area contributed by atoms with Crippen LogP contribution in [0.15, 0.2) is 66.9 Å². The molecule has 3 aromatic rings. The van der Waals surface area contributed by atoms with Crippen molar-refractivity contribution in [3.05, 3.63) is 94.8 Å². The molecule has 0 spiro atoms. The number of amides is 1. The SMILES string of the molecule is CN1CCCC(CNC(=O)c2ccc3c(c2)Cc2cccc(c2)CN(Cc2ccccn2)CCOCCO3)C1. The Balaban J connectivity index is 1.31. The minimum atomic E-state index is -0.0207. The summed E-state index contributed by atoms with van der Waals surface area (Å²) in [6.45, 7) is 6.89. The second kappa shape index (κ2) is 13.7. The van der Waals surface area contributed by atoms with E-state index in [2.05, 4.69) is 57.5 Å². The Morgan fingerprint density at radius 2 is 1.95 bits per heavy atom. The smallest absolute Gasteiger partial charge is 0.251 e. The molecule has 7 nitrogen and oxygen atoms in total. The second-order valence-electron chi connectivity index (χ2n) is 10.8. The van der Waals surface area contributed by atoms with Crippen LogP contribution >= 0.6 is 0 Å². The van der Waals surface area contributed by atoms with Crippen molar-refractivity contribution in [3.8, 4) is 5.75 Å². The van der Waals surface area contributed by atoms with Gasteiger partial charge in [0.1, 0.15) is 12.4 Å². The molecule has 1 atom stereocenters. The lowest BCUT2D eigenvalue weighted by atomic mass is 9.98. The third kappa shape index (κ3) is 8.12. The lowest BCUT2D eigenvalue weighted by Gasteiger charge is -2.29. The van der Waals surface area contributed by atoms with Gasteiger partial charge in [-0.25, -0.2) is 0 Å². The zero-order valence-corrected chi connectivity index (χ0v) is 23.0. The van der Waals surface area contributed by atoms with Crippen LogP contribution in [0.2, 0.25) is 0 Å². The number of carbonyl (C=O) groups is 1. The first-order chi connectivity index (χ1) is 19.1. The molecule has 206 valence electrons. The Kier molecular flexibility index (Phi) is 9.59. The number of carbonyl (C=O) groups excluding carboxylic acids is 1. The molecule has 7 heteroatoms. The number of aromatic nitrogens is 1. The first-order valence-corrected chi connectivity index (χ1v) is 14.1. The molecule has 1 saturated heterocycles. The highest BCUT2D eigenvalue weighted by Crippen LogP contribution is 2.25. The van der Waals surface area contributed by atoms with Gasteiger partial charge in [0.05, 0.1) is 18.9 Å². The lowest BCUT2D eigenvalue weighted by molar-refractivity contribution is 0.0754. The molecule has 2 bridgehead atoms. The largest absolute Gasteiger partial charge is 0.491 e. The monoisotopic (exact) mass is 528 g/mol. The van der Waals surface area contributed by atoms with E-state index in [4.69, 9.17) is 9.47 Å². The Bertz CT molecular complexity index is 1220. The zero-order chi connectivity index (χ0) is 26.9. The maximum Gasteiger partial charge on any atom is 0.251 e. The highest BCUT2D eigenvalue weighted by molar-refractivity contribution is 5.94. The Morgan fingerprint density at radius 1 is 1.03 bits per heavy atom. The number of ether oxygens (including phenoxy) is 2. The number of piperidine rings is 1. The summed E-state index contributed by atoms with van der Waals surface area (Å²) in [5.41, 5.74) is 5.19. The number of nitrogens with zero attached hydrogens (tertiary/aromatic N) is 3. The van der Waals surface area contributed by atoms with Gasteiger partial charge in [0.25, 0.3) is 5.91 Å². The van der Waals surface area contributed by atoms with E-state index in [9.17, 15) is 4.79 Å². The number of pyridine rings is 1. The van der Waals surface area contributed by atoms with Crippen LogP contribution in [0.1, 0.15) is 45.6 Å². The Hall–Kier alpha value is -3.26. The van der Waals surface area contributed by atoms with Gasteiger partial charge in [-0.2, -0.15) is 0 Å². The van der Waals surface area contributed by atoms with E-state index < -0.39 is 0 Å². The average Bonchev–Trinajstić information content (AvgIpc) is 2.94. The zero-order valence-electron chi connectivity index (χ0n) is 23.0. The van der Waals surface area contributed by atoms with Gasteiger partial charge >= 0.3 is 0 Å². The molecule has 2 aliphatic heterocycles. The second-order valence-corrected chi connectivity index (χ2v) is 10.8. The van der Waals surface area contributed by atoms with Crippen LogP contribution in [0.3, 0.4) is 0 Å². The normalized spacial score (nSPS) is 19.4. The molecule has 0 saturated carbocycles. The lowest BCUT2D eigenvalue weighted by Crippen LogP contribution is -2.39. The van der Waals surface area contributed by atoms with Crippen molar-refractivity contribution in [2.24, 2.45) is 5.92 Å². The van der Waals surface area contributed by atoms with Gasteiger partial charge in [-0.3, -0.25) is 14.7 Å². The summed E-state index contributed by atoms with van der Waals surface area (Å²) in [7, 11) is 2.15. The molecule has 2 aromatic carbocycles. The van der Waals surface area contributed by atoms with Crippen LogP contribution in [0.25, 0.3) is 0 Å². The van der Waals surface area contributed by atoms with Crippen molar-refractivity contribution in [2.75, 3.05) is 53.0 Å². The van der Waals surface area contributed by atoms with E-state index in [0.717, 1.165) is 49.7 Å². The van der Waals surface area contributed by atoms with Gasteiger partial charge in [0.15, 0.2) is 0 Å². The topological polar surface area (TPSA) is 66.9 Å². The summed E-state index contributed by atoms with van der Waals surface area (Å²) < 4.78 is 12.1. The van der Waals surface area contributed by atoms with Gasteiger partial charge in [0, 0.05) is 50.9 Å². The molecule has 2 aliphatic rings. The fraction of sp³-hybridized carbons (Fsp3) is 0.438. The van der Waals surface area contributed by atoms with Crippen LogP contribution < -0.4 is 10.1 Å². The first kappa shape index (κ1) is 27.3. The van der Waals surface area contributed by atoms with Crippen molar-refractivity contribution in [2.45, 2.75) is 32.4 Å². The summed E-state index contributed by atoms with van der Waals surface area (Å²) in [6, 6.07) is 20.5. The average molecular weight is 529 g/mol. The van der Waals surface area contributed by atoms with Crippen molar-refractivity contribution in [1.29, 1.82) is 0 Å². The molecule has 1 aromatic heterocycles. The van der Waals surface area contributed by atoms with E-state index >= 15 is 0 Å². The predicted molar refractivity (Wildman–Crippen MR) is 153 cm³/mol. The summed E-state index contributed by atoms with van der Waals surface area (Å²) in [4.78, 5) is 22.3. The highest BCUT2D eigenvalue weighted by Gasteiger charge is 2.19. The maximum atomic E-state index is 13.1. The summed E-state index contributed by atoms with van der Waals surface area (Å²) >= 11 is 0. The quantitative estimate of drug-likeness (QED) is 0.537. The number of rotatable bonds is 5. The molecule has 3 heterocycles. The van der Waals surface area contributed by atoms with Crippen molar-refractivity contribution >= 4 is 5.91 Å². The maximum absolute atomic E-state index is 13.1. The molecular formula is C32H40N4O3. The Labute approximate surface area is 232 Å². The number of nitrogens with one attached hydrogen (secondary N) is 1. The molecule has 39 heavy (non-hydrogen) atoms. The van der Waals surface area contributed by atoms with Crippen LogP contribution in [-0.4, -0.2) is 73.7 Å². The van der Waals surface area contributed by atoms with Crippen LogP contribution in [0.5, 0.6) is 5.75 Å².